The van der Waals surface area contributed by atoms with Gasteiger partial charge in [-0.25, -0.2) is 0 Å². The van der Waals surface area contributed by atoms with Crippen molar-refractivity contribution in [1.82, 2.24) is 4.90 Å². The Morgan fingerprint density at radius 1 is 1.14 bits per heavy atom. The Labute approximate surface area is 130 Å². The lowest BCUT2D eigenvalue weighted by Gasteiger charge is -2.36. The van der Waals surface area contributed by atoms with Crippen LogP contribution in [-0.2, 0) is 4.74 Å². The number of nitrogens with zero attached hydrogens (tertiary/aromatic N) is 3. The molecule has 1 aliphatic rings. The van der Waals surface area contributed by atoms with Crippen LogP contribution in [0.25, 0.3) is 0 Å². The van der Waals surface area contributed by atoms with Crippen LogP contribution in [-0.4, -0.2) is 73.6 Å². The number of aliphatic hydroxyl groups is 1. The first-order valence-electron chi connectivity index (χ1n) is 7.48. The Morgan fingerprint density at radius 2 is 1.82 bits per heavy atom. The summed E-state index contributed by atoms with van der Waals surface area (Å²) in [6.45, 7) is 5.95. The molecule has 7 heteroatoms. The minimum atomic E-state index is 0.0786. The summed E-state index contributed by atoms with van der Waals surface area (Å²) < 4.78 is 5.29. The van der Waals surface area contributed by atoms with Crippen molar-refractivity contribution in [3.05, 3.63) is 29.8 Å². The molecule has 0 aliphatic carbocycles. The van der Waals surface area contributed by atoms with E-state index in [4.69, 9.17) is 20.8 Å². The summed E-state index contributed by atoms with van der Waals surface area (Å²) in [4.78, 5) is 4.68. The van der Waals surface area contributed by atoms with Crippen LogP contribution in [0.3, 0.4) is 0 Å². The second-order valence-corrected chi connectivity index (χ2v) is 5.20. The Morgan fingerprint density at radius 3 is 2.41 bits per heavy atom. The van der Waals surface area contributed by atoms with E-state index in [1.54, 1.807) is 0 Å². The lowest BCUT2D eigenvalue weighted by atomic mass is 10.1. The lowest BCUT2D eigenvalue weighted by Crippen LogP contribution is -2.47. The fourth-order valence-electron chi connectivity index (χ4n) is 2.49. The molecule has 1 heterocycles. The predicted octanol–water partition coefficient (Wildman–Crippen LogP) is -0.0880. The quantitative estimate of drug-likeness (QED) is 0.214. The zero-order valence-corrected chi connectivity index (χ0v) is 12.7. The number of benzene rings is 1. The van der Waals surface area contributed by atoms with Crippen LogP contribution in [0, 0.1) is 0 Å². The molecule has 4 N–H and O–H groups in total. The van der Waals surface area contributed by atoms with E-state index in [2.05, 4.69) is 15.0 Å². The summed E-state index contributed by atoms with van der Waals surface area (Å²) >= 11 is 0. The topological polar surface area (TPSA) is 94.6 Å². The number of hydrogen-bond acceptors (Lipinski definition) is 6. The highest BCUT2D eigenvalue weighted by atomic mass is 16.5. The van der Waals surface area contributed by atoms with Crippen LogP contribution >= 0.6 is 0 Å². The number of anilines is 1. The molecule has 0 amide bonds. The molecule has 122 valence electrons. The molecule has 1 aliphatic heterocycles. The smallest absolute Gasteiger partial charge is 0.170 e. The first-order valence-corrected chi connectivity index (χ1v) is 7.48. The first-order chi connectivity index (χ1) is 10.7. The van der Waals surface area contributed by atoms with Crippen molar-refractivity contribution in [1.29, 1.82) is 0 Å². The SMILES string of the molecule is NC(=NO)c1ccc(N2CCN(CCOCCO)CC2)cc1. The Kier molecular flexibility index (Phi) is 6.45. The molecular weight excluding hydrogens is 284 g/mol. The number of hydrogen-bond donors (Lipinski definition) is 3. The van der Waals surface area contributed by atoms with E-state index >= 15 is 0 Å². The molecule has 0 spiro atoms. The molecule has 7 nitrogen and oxygen atoms in total. The Bertz CT molecular complexity index is 470. The molecule has 2 rings (SSSR count). The average molecular weight is 308 g/mol. The van der Waals surface area contributed by atoms with Crippen LogP contribution in [0.4, 0.5) is 5.69 Å². The van der Waals surface area contributed by atoms with Gasteiger partial charge in [0.1, 0.15) is 0 Å². The summed E-state index contributed by atoms with van der Waals surface area (Å²) in [5, 5.41) is 20.3. The highest BCUT2D eigenvalue weighted by Crippen LogP contribution is 2.17. The maximum absolute atomic E-state index is 8.66. The molecule has 0 aromatic heterocycles. The molecule has 1 aromatic rings. The van der Waals surface area contributed by atoms with Gasteiger partial charge in [-0.3, -0.25) is 4.90 Å². The minimum absolute atomic E-state index is 0.0786. The fraction of sp³-hybridized carbons (Fsp3) is 0.533. The summed E-state index contributed by atoms with van der Waals surface area (Å²) in [6.07, 6.45) is 0. The largest absolute Gasteiger partial charge is 0.409 e. The van der Waals surface area contributed by atoms with Gasteiger partial charge in [-0.05, 0) is 24.3 Å². The zero-order chi connectivity index (χ0) is 15.8. The number of nitrogens with two attached hydrogens (primary N) is 1. The monoisotopic (exact) mass is 308 g/mol. The van der Waals surface area contributed by atoms with Gasteiger partial charge in [0.2, 0.25) is 0 Å². The van der Waals surface area contributed by atoms with Gasteiger partial charge in [-0.15, -0.1) is 0 Å². The van der Waals surface area contributed by atoms with Crippen molar-refractivity contribution in [3.63, 3.8) is 0 Å². The molecule has 0 unspecified atom stereocenters. The van der Waals surface area contributed by atoms with E-state index in [1.807, 2.05) is 24.3 Å². The zero-order valence-electron chi connectivity index (χ0n) is 12.7. The van der Waals surface area contributed by atoms with Crippen molar-refractivity contribution in [2.45, 2.75) is 0 Å². The molecule has 1 saturated heterocycles. The third-order valence-corrected chi connectivity index (χ3v) is 3.80. The summed E-state index contributed by atoms with van der Waals surface area (Å²) in [7, 11) is 0. The number of rotatable bonds is 7. The van der Waals surface area contributed by atoms with Crippen molar-refractivity contribution in [3.8, 4) is 0 Å². The Hall–Kier alpha value is -1.83. The maximum atomic E-state index is 8.66. The summed E-state index contributed by atoms with van der Waals surface area (Å²) in [5.74, 6) is 0.124. The predicted molar refractivity (Wildman–Crippen MR) is 85.5 cm³/mol. The second kappa shape index (κ2) is 8.57. The van der Waals surface area contributed by atoms with Crippen LogP contribution in [0.1, 0.15) is 5.56 Å². The van der Waals surface area contributed by atoms with E-state index in [0.29, 0.717) is 18.8 Å². The molecule has 0 saturated carbocycles. The number of oxime groups is 1. The summed E-state index contributed by atoms with van der Waals surface area (Å²) in [5.41, 5.74) is 7.42. The number of aliphatic hydroxyl groups excluding tert-OH is 1. The van der Waals surface area contributed by atoms with Crippen molar-refractivity contribution >= 4 is 11.5 Å². The van der Waals surface area contributed by atoms with E-state index < -0.39 is 0 Å². The standard InChI is InChI=1S/C15H24N4O3/c16-15(17-21)13-1-3-14(4-2-13)19-7-5-18(6-8-19)9-11-22-12-10-20/h1-4,20-21H,5-12H2,(H2,16,17). The minimum Gasteiger partial charge on any atom is -0.409 e. The van der Waals surface area contributed by atoms with Gasteiger partial charge in [-0.1, -0.05) is 5.16 Å². The molecular formula is C15H24N4O3. The third-order valence-electron chi connectivity index (χ3n) is 3.80. The van der Waals surface area contributed by atoms with Crippen molar-refractivity contribution < 1.29 is 15.1 Å². The fourth-order valence-corrected chi connectivity index (χ4v) is 2.49. The molecule has 1 fully saturated rings. The Balaban J connectivity index is 1.79. The van der Waals surface area contributed by atoms with Gasteiger partial charge in [-0.2, -0.15) is 0 Å². The maximum Gasteiger partial charge on any atom is 0.170 e. The number of piperazine rings is 1. The highest BCUT2D eigenvalue weighted by molar-refractivity contribution is 5.97. The normalized spacial score (nSPS) is 17.0. The van der Waals surface area contributed by atoms with Gasteiger partial charge in [0.25, 0.3) is 0 Å². The van der Waals surface area contributed by atoms with E-state index in [1.165, 1.54) is 0 Å². The van der Waals surface area contributed by atoms with Crippen LogP contribution in [0.15, 0.2) is 29.4 Å². The molecule has 22 heavy (non-hydrogen) atoms. The average Bonchev–Trinajstić information content (AvgIpc) is 2.59. The van der Waals surface area contributed by atoms with Gasteiger partial charge >= 0.3 is 0 Å². The van der Waals surface area contributed by atoms with Gasteiger partial charge in [0, 0.05) is 44.0 Å². The number of ether oxygens (including phenoxy) is 1. The molecule has 0 radical (unpaired) electrons. The highest BCUT2D eigenvalue weighted by Gasteiger charge is 2.16. The van der Waals surface area contributed by atoms with Crippen molar-refractivity contribution in [2.75, 3.05) is 57.4 Å². The third kappa shape index (κ3) is 4.59. The van der Waals surface area contributed by atoms with Crippen LogP contribution in [0.2, 0.25) is 0 Å². The van der Waals surface area contributed by atoms with Gasteiger partial charge < -0.3 is 25.7 Å². The van der Waals surface area contributed by atoms with Crippen molar-refractivity contribution in [2.24, 2.45) is 10.9 Å². The molecule has 0 atom stereocenters. The second-order valence-electron chi connectivity index (χ2n) is 5.20. The lowest BCUT2D eigenvalue weighted by molar-refractivity contribution is 0.0724. The van der Waals surface area contributed by atoms with Crippen LogP contribution in [0.5, 0.6) is 0 Å². The summed E-state index contributed by atoms with van der Waals surface area (Å²) in [6, 6.07) is 7.71. The van der Waals surface area contributed by atoms with E-state index in [9.17, 15) is 0 Å². The molecule has 0 bridgehead atoms. The molecule has 1 aromatic carbocycles. The van der Waals surface area contributed by atoms with Crippen LogP contribution < -0.4 is 10.6 Å². The number of amidine groups is 1. The van der Waals surface area contributed by atoms with Gasteiger partial charge in [0.05, 0.1) is 19.8 Å². The van der Waals surface area contributed by atoms with Gasteiger partial charge in [0.15, 0.2) is 5.84 Å². The van der Waals surface area contributed by atoms with E-state index in [0.717, 1.165) is 38.4 Å². The first kappa shape index (κ1) is 16.5. The van der Waals surface area contributed by atoms with E-state index in [-0.39, 0.29) is 12.4 Å².